The van der Waals surface area contributed by atoms with Gasteiger partial charge in [-0.25, -0.2) is 4.39 Å². The Balaban J connectivity index is 1.50. The lowest BCUT2D eigenvalue weighted by atomic mass is 10.0. The molecule has 1 atom stereocenters. The molecule has 0 aromatic heterocycles. The predicted octanol–water partition coefficient (Wildman–Crippen LogP) is 1.90. The van der Waals surface area contributed by atoms with Gasteiger partial charge in [0.15, 0.2) is 0 Å². The Bertz CT molecular complexity index is 921. The molecule has 2 aliphatic rings. The molecule has 1 fully saturated rings. The number of aliphatic hydroxyl groups is 1. The van der Waals surface area contributed by atoms with Gasteiger partial charge in [-0.15, -0.1) is 0 Å². The van der Waals surface area contributed by atoms with Crippen LogP contribution in [0, 0.1) is 5.82 Å². The van der Waals surface area contributed by atoms with Crippen LogP contribution >= 0.6 is 23.8 Å². The minimum atomic E-state index is -0.915. The topological polar surface area (TPSA) is 90.9 Å². The number of ether oxygens (including phenoxy) is 1. The SMILES string of the molecule is O=C(NCC(O)CNc1ccc(N2CCOCC2=O)c(F)c1)C1=CC(Cl)=CCC1=S. The van der Waals surface area contributed by atoms with E-state index >= 15 is 0 Å². The van der Waals surface area contributed by atoms with E-state index in [1.54, 1.807) is 12.1 Å². The third-order valence-electron chi connectivity index (χ3n) is 4.57. The van der Waals surface area contributed by atoms with E-state index in [-0.39, 0.29) is 31.3 Å². The second-order valence-electron chi connectivity index (χ2n) is 6.78. The number of nitrogens with one attached hydrogen (secondary N) is 2. The number of allylic oxidation sites excluding steroid dienone is 3. The third-order valence-corrected chi connectivity index (χ3v) is 5.22. The highest BCUT2D eigenvalue weighted by molar-refractivity contribution is 7.81. The van der Waals surface area contributed by atoms with Gasteiger partial charge < -0.3 is 25.4 Å². The van der Waals surface area contributed by atoms with Gasteiger partial charge in [-0.2, -0.15) is 0 Å². The first-order chi connectivity index (χ1) is 14.3. The molecular formula is C20H21ClFN3O4S. The summed E-state index contributed by atoms with van der Waals surface area (Å²) in [6.07, 6.45) is 2.73. The zero-order chi connectivity index (χ0) is 21.7. The van der Waals surface area contributed by atoms with Crippen LogP contribution in [0.25, 0.3) is 0 Å². The minimum absolute atomic E-state index is 0.0179. The Morgan fingerprint density at radius 2 is 2.20 bits per heavy atom. The molecule has 1 unspecified atom stereocenters. The van der Waals surface area contributed by atoms with Crippen molar-refractivity contribution in [2.75, 3.05) is 43.1 Å². The second kappa shape index (κ2) is 10.1. The number of thiocarbonyl (C=S) groups is 1. The highest BCUT2D eigenvalue weighted by Gasteiger charge is 2.23. The van der Waals surface area contributed by atoms with Crippen LogP contribution in [0.3, 0.4) is 0 Å². The van der Waals surface area contributed by atoms with Gasteiger partial charge >= 0.3 is 0 Å². The van der Waals surface area contributed by atoms with Gasteiger partial charge in [-0.05, 0) is 24.3 Å². The average molecular weight is 454 g/mol. The molecule has 3 rings (SSSR count). The lowest BCUT2D eigenvalue weighted by molar-refractivity contribution is -0.125. The van der Waals surface area contributed by atoms with Crippen LogP contribution in [0.5, 0.6) is 0 Å². The van der Waals surface area contributed by atoms with Crippen molar-refractivity contribution in [3.8, 4) is 0 Å². The monoisotopic (exact) mass is 453 g/mol. The van der Waals surface area contributed by atoms with Crippen molar-refractivity contribution < 1.29 is 23.8 Å². The quantitative estimate of drug-likeness (QED) is 0.546. The van der Waals surface area contributed by atoms with E-state index < -0.39 is 17.8 Å². The van der Waals surface area contributed by atoms with Crippen LogP contribution < -0.4 is 15.5 Å². The fourth-order valence-corrected chi connectivity index (χ4v) is 3.41. The standard InChI is InChI=1S/C20H21ClFN3O4S/c21-12-1-4-18(30)15(7-12)20(28)24-10-14(26)9-23-13-2-3-17(16(22)8-13)25-5-6-29-11-19(25)27/h1-3,7-8,14,23,26H,4-6,9-11H2,(H,24,28). The number of hydrogen-bond donors (Lipinski definition) is 3. The fourth-order valence-electron chi connectivity index (χ4n) is 2.99. The summed E-state index contributed by atoms with van der Waals surface area (Å²) < 4.78 is 19.5. The van der Waals surface area contributed by atoms with E-state index in [1.165, 1.54) is 23.1 Å². The van der Waals surface area contributed by atoms with E-state index in [0.29, 0.717) is 40.7 Å². The van der Waals surface area contributed by atoms with Crippen LogP contribution in [-0.4, -0.2) is 60.7 Å². The van der Waals surface area contributed by atoms with Gasteiger partial charge in [0.25, 0.3) is 11.8 Å². The van der Waals surface area contributed by atoms with Gasteiger partial charge in [-0.3, -0.25) is 9.59 Å². The van der Waals surface area contributed by atoms with Crippen molar-refractivity contribution in [1.82, 2.24) is 5.32 Å². The van der Waals surface area contributed by atoms with Gasteiger partial charge in [0, 0.05) is 41.6 Å². The maximum absolute atomic E-state index is 14.4. The Morgan fingerprint density at radius 3 is 2.93 bits per heavy atom. The summed E-state index contributed by atoms with van der Waals surface area (Å²) in [6, 6.07) is 4.37. The molecule has 1 aromatic carbocycles. The van der Waals surface area contributed by atoms with E-state index in [4.69, 9.17) is 28.6 Å². The number of carbonyl (C=O) groups is 2. The lowest BCUT2D eigenvalue weighted by Gasteiger charge is -2.27. The number of morpholine rings is 1. The Labute approximate surface area is 183 Å². The Morgan fingerprint density at radius 1 is 1.40 bits per heavy atom. The largest absolute Gasteiger partial charge is 0.389 e. The smallest absolute Gasteiger partial charge is 0.253 e. The molecule has 0 saturated carbocycles. The highest BCUT2D eigenvalue weighted by Crippen LogP contribution is 2.24. The summed E-state index contributed by atoms with van der Waals surface area (Å²) in [7, 11) is 0. The molecule has 1 aromatic rings. The van der Waals surface area contributed by atoms with Crippen molar-refractivity contribution in [1.29, 1.82) is 0 Å². The van der Waals surface area contributed by atoms with Gasteiger partial charge in [0.2, 0.25) is 0 Å². The van der Waals surface area contributed by atoms with Crippen LogP contribution in [-0.2, 0) is 14.3 Å². The summed E-state index contributed by atoms with van der Waals surface area (Å²) in [5.74, 6) is -1.26. The van der Waals surface area contributed by atoms with E-state index in [0.717, 1.165) is 0 Å². The summed E-state index contributed by atoms with van der Waals surface area (Å²) in [5.41, 5.74) is 0.939. The van der Waals surface area contributed by atoms with Crippen LogP contribution in [0.4, 0.5) is 15.8 Å². The molecule has 10 heteroatoms. The van der Waals surface area contributed by atoms with E-state index in [1.807, 2.05) is 0 Å². The third kappa shape index (κ3) is 5.63. The molecule has 1 heterocycles. The zero-order valence-electron chi connectivity index (χ0n) is 16.0. The molecule has 30 heavy (non-hydrogen) atoms. The number of benzene rings is 1. The number of anilines is 2. The van der Waals surface area contributed by atoms with Gasteiger partial charge in [0.1, 0.15) is 12.4 Å². The first-order valence-corrected chi connectivity index (χ1v) is 10.1. The summed E-state index contributed by atoms with van der Waals surface area (Å²) >= 11 is 11.1. The number of hydrogen-bond acceptors (Lipinski definition) is 6. The summed E-state index contributed by atoms with van der Waals surface area (Å²) in [5, 5.41) is 16.1. The predicted molar refractivity (Wildman–Crippen MR) is 116 cm³/mol. The molecule has 1 aliphatic carbocycles. The van der Waals surface area contributed by atoms with Crippen LogP contribution in [0.2, 0.25) is 0 Å². The molecule has 1 saturated heterocycles. The zero-order valence-corrected chi connectivity index (χ0v) is 17.6. The van der Waals surface area contributed by atoms with Crippen LogP contribution in [0.1, 0.15) is 6.42 Å². The molecule has 0 spiro atoms. The minimum Gasteiger partial charge on any atom is -0.389 e. The maximum Gasteiger partial charge on any atom is 0.253 e. The molecule has 3 N–H and O–H groups in total. The highest BCUT2D eigenvalue weighted by atomic mass is 35.5. The number of nitrogens with zero attached hydrogens (tertiary/aromatic N) is 1. The number of rotatable bonds is 7. The van der Waals surface area contributed by atoms with Gasteiger partial charge in [-0.1, -0.05) is 29.9 Å². The van der Waals surface area contributed by atoms with Crippen molar-refractivity contribution in [3.63, 3.8) is 0 Å². The molecular weight excluding hydrogens is 433 g/mol. The molecule has 160 valence electrons. The summed E-state index contributed by atoms with van der Waals surface area (Å²) in [6.45, 7) is 0.645. The van der Waals surface area contributed by atoms with Crippen molar-refractivity contribution in [2.45, 2.75) is 12.5 Å². The number of carbonyl (C=O) groups excluding carboxylic acids is 2. The van der Waals surface area contributed by atoms with Gasteiger partial charge in [0.05, 0.1) is 24.0 Å². The maximum atomic E-state index is 14.4. The lowest BCUT2D eigenvalue weighted by Crippen LogP contribution is -2.42. The molecule has 1 aliphatic heterocycles. The van der Waals surface area contributed by atoms with Crippen molar-refractivity contribution >= 4 is 51.9 Å². The molecule has 7 nitrogen and oxygen atoms in total. The number of aliphatic hydroxyl groups excluding tert-OH is 1. The average Bonchev–Trinajstić information content (AvgIpc) is 2.73. The van der Waals surface area contributed by atoms with Crippen molar-refractivity contribution in [3.05, 3.63) is 46.8 Å². The number of amides is 2. The summed E-state index contributed by atoms with van der Waals surface area (Å²) in [4.78, 5) is 25.9. The normalized spacial score (nSPS) is 17.9. The first kappa shape index (κ1) is 22.4. The Kier molecular flexibility index (Phi) is 7.54. The molecule has 0 bridgehead atoms. The fraction of sp³-hybridized carbons (Fsp3) is 0.350. The van der Waals surface area contributed by atoms with Crippen molar-refractivity contribution in [2.24, 2.45) is 0 Å². The Hall–Kier alpha value is -2.33. The number of halogens is 2. The van der Waals surface area contributed by atoms with E-state index in [9.17, 15) is 19.1 Å². The second-order valence-corrected chi connectivity index (χ2v) is 7.71. The van der Waals surface area contributed by atoms with Crippen LogP contribution in [0.15, 0.2) is 41.0 Å². The first-order valence-electron chi connectivity index (χ1n) is 9.33. The van der Waals surface area contributed by atoms with E-state index in [2.05, 4.69) is 10.6 Å². The molecule has 0 radical (unpaired) electrons. The molecule has 2 amide bonds.